The van der Waals surface area contributed by atoms with E-state index in [2.05, 4.69) is 10.6 Å². The van der Waals surface area contributed by atoms with Gasteiger partial charge in [0.15, 0.2) is 0 Å². The zero-order valence-corrected chi connectivity index (χ0v) is 14.3. The average Bonchev–Trinajstić information content (AvgIpc) is 2.66. The lowest BCUT2D eigenvalue weighted by atomic mass is 10.1. The van der Waals surface area contributed by atoms with Crippen LogP contribution in [0.2, 0.25) is 0 Å². The quantitative estimate of drug-likeness (QED) is 0.602. The molecule has 0 saturated carbocycles. The molecule has 0 saturated heterocycles. The monoisotopic (exact) mass is 335 g/mol. The number of methoxy groups -OCH3 is 1. The molecule has 25 heavy (non-hydrogen) atoms. The Balaban J connectivity index is 1.97. The number of hydrogen-bond acceptors (Lipinski definition) is 4. The first kappa shape index (κ1) is 18.1. The first-order chi connectivity index (χ1) is 12.2. The van der Waals surface area contributed by atoms with Crippen LogP contribution in [0, 0.1) is 11.3 Å². The predicted octanol–water partition coefficient (Wildman–Crippen LogP) is 3.07. The normalized spacial score (nSPS) is 12.0. The number of nitrogens with one attached hydrogen (secondary N) is 2. The first-order valence-corrected chi connectivity index (χ1v) is 7.97. The summed E-state index contributed by atoms with van der Waals surface area (Å²) in [6, 6.07) is 18.9. The van der Waals surface area contributed by atoms with Crippen molar-refractivity contribution < 1.29 is 9.53 Å². The van der Waals surface area contributed by atoms with Gasteiger partial charge in [0, 0.05) is 18.3 Å². The van der Waals surface area contributed by atoms with E-state index in [1.54, 1.807) is 7.11 Å². The summed E-state index contributed by atoms with van der Waals surface area (Å²) in [4.78, 5) is 12.3. The number of benzene rings is 2. The molecule has 1 amide bonds. The number of para-hydroxylation sites is 1. The maximum atomic E-state index is 12.3. The molecule has 5 nitrogen and oxygen atoms in total. The van der Waals surface area contributed by atoms with Crippen LogP contribution in [0.5, 0.6) is 5.75 Å². The topological polar surface area (TPSA) is 74.1 Å². The summed E-state index contributed by atoms with van der Waals surface area (Å²) in [5.74, 6) is 0.343. The Morgan fingerprint density at radius 2 is 1.88 bits per heavy atom. The van der Waals surface area contributed by atoms with Gasteiger partial charge in [-0.15, -0.1) is 0 Å². The van der Waals surface area contributed by atoms with Crippen LogP contribution < -0.4 is 15.4 Å². The number of hydrogen-bond donors (Lipinski definition) is 2. The van der Waals surface area contributed by atoms with Crippen molar-refractivity contribution in [3.63, 3.8) is 0 Å². The molecular formula is C20H21N3O2. The van der Waals surface area contributed by atoms with Gasteiger partial charge >= 0.3 is 0 Å². The zero-order valence-electron chi connectivity index (χ0n) is 14.3. The van der Waals surface area contributed by atoms with E-state index in [0.29, 0.717) is 6.54 Å². The van der Waals surface area contributed by atoms with Crippen LogP contribution >= 0.6 is 0 Å². The van der Waals surface area contributed by atoms with Gasteiger partial charge in [0.05, 0.1) is 13.2 Å². The Bertz CT molecular complexity index is 779. The minimum absolute atomic E-state index is 0.0256. The molecule has 5 heteroatoms. The van der Waals surface area contributed by atoms with Crippen LogP contribution in [0.1, 0.15) is 24.1 Å². The minimum Gasteiger partial charge on any atom is -0.496 e. The molecule has 128 valence electrons. The molecule has 0 aromatic heterocycles. The molecule has 0 heterocycles. The van der Waals surface area contributed by atoms with E-state index in [4.69, 9.17) is 4.74 Å². The van der Waals surface area contributed by atoms with Crippen molar-refractivity contribution in [2.75, 3.05) is 7.11 Å². The summed E-state index contributed by atoms with van der Waals surface area (Å²) in [6.07, 6.45) is 1.43. The summed E-state index contributed by atoms with van der Waals surface area (Å²) in [5.41, 5.74) is 1.95. The number of carbonyl (C=O) groups excluding carboxylic acids is 1. The van der Waals surface area contributed by atoms with Crippen molar-refractivity contribution in [3.8, 4) is 11.8 Å². The highest BCUT2D eigenvalue weighted by Gasteiger charge is 2.13. The van der Waals surface area contributed by atoms with Gasteiger partial charge in [0.1, 0.15) is 17.4 Å². The average molecular weight is 335 g/mol. The fourth-order valence-electron chi connectivity index (χ4n) is 2.36. The molecule has 0 bridgehead atoms. The molecule has 0 spiro atoms. The highest BCUT2D eigenvalue weighted by molar-refractivity contribution is 5.97. The van der Waals surface area contributed by atoms with Crippen LogP contribution in [0.25, 0.3) is 0 Å². The number of nitrogens with zero attached hydrogens (tertiary/aromatic N) is 1. The van der Waals surface area contributed by atoms with Crippen LogP contribution in [0.4, 0.5) is 0 Å². The van der Waals surface area contributed by atoms with Gasteiger partial charge in [-0.25, -0.2) is 0 Å². The zero-order chi connectivity index (χ0) is 18.1. The first-order valence-electron chi connectivity index (χ1n) is 7.97. The molecular weight excluding hydrogens is 314 g/mol. The van der Waals surface area contributed by atoms with Gasteiger partial charge in [0.2, 0.25) is 0 Å². The van der Waals surface area contributed by atoms with Gasteiger partial charge in [-0.2, -0.15) is 5.26 Å². The lowest BCUT2D eigenvalue weighted by Gasteiger charge is -2.14. The van der Waals surface area contributed by atoms with Gasteiger partial charge < -0.3 is 15.4 Å². The summed E-state index contributed by atoms with van der Waals surface area (Å²) in [7, 11) is 1.60. The van der Waals surface area contributed by atoms with Crippen molar-refractivity contribution in [1.82, 2.24) is 10.6 Å². The Morgan fingerprint density at radius 1 is 1.20 bits per heavy atom. The molecule has 0 aliphatic carbocycles. The lowest BCUT2D eigenvalue weighted by Crippen LogP contribution is -2.28. The van der Waals surface area contributed by atoms with E-state index in [-0.39, 0.29) is 11.6 Å². The Labute approximate surface area is 147 Å². The lowest BCUT2D eigenvalue weighted by molar-refractivity contribution is -0.117. The third-order valence-electron chi connectivity index (χ3n) is 3.74. The van der Waals surface area contributed by atoms with Crippen molar-refractivity contribution in [2.45, 2.75) is 19.5 Å². The van der Waals surface area contributed by atoms with Crippen molar-refractivity contribution in [1.29, 1.82) is 5.26 Å². The fourth-order valence-corrected chi connectivity index (χ4v) is 2.36. The summed E-state index contributed by atoms with van der Waals surface area (Å²) < 4.78 is 5.27. The second-order valence-corrected chi connectivity index (χ2v) is 5.47. The van der Waals surface area contributed by atoms with Crippen LogP contribution in [0.3, 0.4) is 0 Å². The third kappa shape index (κ3) is 5.11. The standard InChI is InChI=1S/C20H21N3O2/c1-15(16-8-4-3-5-9-16)23-20(24)18(12-21)14-22-13-17-10-6-7-11-19(17)25-2/h3-11,14-15,22H,13H2,1-2H3,(H,23,24)/b18-14-. The molecule has 2 rings (SSSR count). The van der Waals surface area contributed by atoms with Crippen LogP contribution in [-0.2, 0) is 11.3 Å². The maximum absolute atomic E-state index is 12.3. The Hall–Kier alpha value is -3.26. The molecule has 2 N–H and O–H groups in total. The summed E-state index contributed by atoms with van der Waals surface area (Å²) in [5, 5.41) is 15.1. The smallest absolute Gasteiger partial charge is 0.263 e. The van der Waals surface area contributed by atoms with Crippen molar-refractivity contribution >= 4 is 5.91 Å². The SMILES string of the molecule is COc1ccccc1CN/C=C(/C#N)C(=O)NC(C)c1ccccc1. The number of rotatable bonds is 7. The second kappa shape index (κ2) is 9.14. The van der Waals surface area contributed by atoms with Crippen molar-refractivity contribution in [3.05, 3.63) is 77.5 Å². The van der Waals surface area contributed by atoms with Crippen LogP contribution in [0.15, 0.2) is 66.4 Å². The Morgan fingerprint density at radius 3 is 2.56 bits per heavy atom. The summed E-state index contributed by atoms with van der Waals surface area (Å²) >= 11 is 0. The van der Waals surface area contributed by atoms with E-state index < -0.39 is 5.91 Å². The Kier molecular flexibility index (Phi) is 6.61. The van der Waals surface area contributed by atoms with E-state index in [1.165, 1.54) is 6.20 Å². The molecule has 0 aliphatic heterocycles. The van der Waals surface area contributed by atoms with Gasteiger partial charge in [-0.3, -0.25) is 4.79 Å². The number of amides is 1. The number of ether oxygens (including phenoxy) is 1. The highest BCUT2D eigenvalue weighted by atomic mass is 16.5. The van der Waals surface area contributed by atoms with E-state index in [9.17, 15) is 10.1 Å². The fraction of sp³-hybridized carbons (Fsp3) is 0.200. The maximum Gasteiger partial charge on any atom is 0.263 e. The van der Waals surface area contributed by atoms with E-state index in [1.807, 2.05) is 67.6 Å². The molecule has 0 fully saturated rings. The third-order valence-corrected chi connectivity index (χ3v) is 3.74. The number of carbonyl (C=O) groups is 1. The van der Waals surface area contributed by atoms with Crippen LogP contribution in [-0.4, -0.2) is 13.0 Å². The largest absolute Gasteiger partial charge is 0.496 e. The highest BCUT2D eigenvalue weighted by Crippen LogP contribution is 2.16. The van der Waals surface area contributed by atoms with E-state index >= 15 is 0 Å². The molecule has 0 aliphatic rings. The molecule has 2 aromatic carbocycles. The number of nitriles is 1. The molecule has 1 atom stereocenters. The molecule has 2 aromatic rings. The molecule has 0 radical (unpaired) electrons. The minimum atomic E-state index is -0.411. The van der Waals surface area contributed by atoms with Gasteiger partial charge in [-0.1, -0.05) is 48.5 Å². The predicted molar refractivity (Wildman–Crippen MR) is 96.5 cm³/mol. The second-order valence-electron chi connectivity index (χ2n) is 5.47. The van der Waals surface area contributed by atoms with Gasteiger partial charge in [0.25, 0.3) is 5.91 Å². The summed E-state index contributed by atoms with van der Waals surface area (Å²) in [6.45, 7) is 2.33. The van der Waals surface area contributed by atoms with Gasteiger partial charge in [-0.05, 0) is 18.6 Å². The van der Waals surface area contributed by atoms with Crippen molar-refractivity contribution in [2.24, 2.45) is 0 Å². The molecule has 1 unspecified atom stereocenters. The van der Waals surface area contributed by atoms with E-state index in [0.717, 1.165) is 16.9 Å².